The lowest BCUT2D eigenvalue weighted by molar-refractivity contribution is -0.147. The number of amides is 2. The number of hydrogen-bond acceptors (Lipinski definition) is 7. The van der Waals surface area contributed by atoms with Crippen LogP contribution in [0.15, 0.2) is 65.6 Å². The van der Waals surface area contributed by atoms with E-state index in [0.717, 1.165) is 11.4 Å². The minimum Gasteiger partial charge on any atom is -0.456 e. The fourth-order valence-electron chi connectivity index (χ4n) is 3.29. The van der Waals surface area contributed by atoms with Gasteiger partial charge in [-0.3, -0.25) is 14.4 Å². The van der Waals surface area contributed by atoms with Gasteiger partial charge in [-0.1, -0.05) is 39.0 Å². The summed E-state index contributed by atoms with van der Waals surface area (Å²) in [5.41, 5.74) is 1.73. The van der Waals surface area contributed by atoms with Crippen LogP contribution in [0.2, 0.25) is 0 Å². The second-order valence-electron chi connectivity index (χ2n) is 9.47. The maximum Gasteiger partial charge on any atom is 0.307 e. The number of nitrogens with zero attached hydrogens (tertiary/aromatic N) is 2. The van der Waals surface area contributed by atoms with Crippen molar-refractivity contribution >= 4 is 39.3 Å². The minimum atomic E-state index is -3.87. The van der Waals surface area contributed by atoms with E-state index in [9.17, 15) is 22.8 Å². The normalized spacial score (nSPS) is 11.6. The van der Waals surface area contributed by atoms with Crippen molar-refractivity contribution in [2.75, 3.05) is 23.8 Å². The van der Waals surface area contributed by atoms with E-state index in [0.29, 0.717) is 11.5 Å². The quantitative estimate of drug-likeness (QED) is 0.334. The lowest BCUT2D eigenvalue weighted by atomic mass is 9.92. The number of carbonyl (C=O) groups excluding carboxylic acids is 3. The lowest BCUT2D eigenvalue weighted by Crippen LogP contribution is -2.28. The number of aromatic nitrogens is 2. The number of rotatable bonds is 10. The molecule has 0 saturated carbocycles. The molecule has 0 spiro atoms. The monoisotopic (exact) mass is 541 g/mol. The summed E-state index contributed by atoms with van der Waals surface area (Å²) in [5.74, 6) is -1.15. The van der Waals surface area contributed by atoms with Gasteiger partial charge in [-0.2, -0.15) is 5.10 Å². The van der Waals surface area contributed by atoms with Crippen LogP contribution < -0.4 is 15.4 Å². The van der Waals surface area contributed by atoms with Crippen molar-refractivity contribution in [1.82, 2.24) is 14.5 Å². The average molecular weight is 542 g/mol. The van der Waals surface area contributed by atoms with Crippen LogP contribution in [0.3, 0.4) is 0 Å². The van der Waals surface area contributed by atoms with Gasteiger partial charge >= 0.3 is 5.97 Å². The molecular weight excluding hydrogens is 510 g/mol. The summed E-state index contributed by atoms with van der Waals surface area (Å²) in [5, 5.41) is 9.88. The van der Waals surface area contributed by atoms with Crippen molar-refractivity contribution in [3.05, 3.63) is 66.4 Å². The summed E-state index contributed by atoms with van der Waals surface area (Å²) < 4.78 is 33.8. The van der Waals surface area contributed by atoms with Gasteiger partial charge in [0, 0.05) is 30.6 Å². The molecule has 202 valence electrons. The van der Waals surface area contributed by atoms with Crippen LogP contribution in [0.25, 0.3) is 5.69 Å². The molecule has 1 aromatic heterocycles. The first-order valence-corrected chi connectivity index (χ1v) is 13.3. The van der Waals surface area contributed by atoms with E-state index in [4.69, 9.17) is 4.74 Å². The van der Waals surface area contributed by atoms with Crippen molar-refractivity contribution in [2.45, 2.75) is 44.4 Å². The van der Waals surface area contributed by atoms with Crippen molar-refractivity contribution < 1.29 is 27.5 Å². The highest BCUT2D eigenvalue weighted by molar-refractivity contribution is 7.89. The summed E-state index contributed by atoms with van der Waals surface area (Å²) in [4.78, 5) is 35.7. The van der Waals surface area contributed by atoms with Gasteiger partial charge in [0.2, 0.25) is 15.9 Å². The number of nitrogens with one attached hydrogen (secondary N) is 3. The van der Waals surface area contributed by atoms with E-state index in [1.165, 1.54) is 31.2 Å². The Morgan fingerprint density at radius 2 is 1.63 bits per heavy atom. The highest BCUT2D eigenvalue weighted by atomic mass is 32.2. The molecular formula is C26H31N5O6S. The maximum absolute atomic E-state index is 12.5. The standard InChI is InChI=1S/C26H31N5O6S/c1-18(32)28-19-10-12-21(13-11-19)38(35,36)27-15-14-25(34)37-17-24(33)29-23-16-22(26(2,3)4)30-31(23)20-8-6-5-7-9-20/h5-13,16,27H,14-15,17H2,1-4H3,(H,28,32)(H,29,33). The Bertz CT molecular complexity index is 1390. The molecule has 0 saturated heterocycles. The largest absolute Gasteiger partial charge is 0.456 e. The van der Waals surface area contributed by atoms with E-state index in [1.807, 2.05) is 51.1 Å². The van der Waals surface area contributed by atoms with Gasteiger partial charge < -0.3 is 15.4 Å². The molecule has 0 aliphatic heterocycles. The van der Waals surface area contributed by atoms with Crippen molar-refractivity contribution in [3.8, 4) is 5.69 Å². The second kappa shape index (κ2) is 12.0. The smallest absolute Gasteiger partial charge is 0.307 e. The van der Waals surface area contributed by atoms with E-state index >= 15 is 0 Å². The fraction of sp³-hybridized carbons (Fsp3) is 0.308. The number of esters is 1. The number of ether oxygens (including phenoxy) is 1. The molecule has 38 heavy (non-hydrogen) atoms. The zero-order valence-corrected chi connectivity index (χ0v) is 22.5. The molecule has 0 radical (unpaired) electrons. The van der Waals surface area contributed by atoms with Gasteiger partial charge in [-0.15, -0.1) is 0 Å². The fourth-order valence-corrected chi connectivity index (χ4v) is 4.32. The predicted molar refractivity (Wildman–Crippen MR) is 142 cm³/mol. The van der Waals surface area contributed by atoms with E-state index in [-0.39, 0.29) is 29.2 Å². The van der Waals surface area contributed by atoms with Gasteiger partial charge in [-0.25, -0.2) is 17.8 Å². The molecule has 11 nitrogen and oxygen atoms in total. The molecule has 12 heteroatoms. The Morgan fingerprint density at radius 1 is 0.974 bits per heavy atom. The number of benzene rings is 2. The molecule has 0 aliphatic carbocycles. The van der Waals surface area contributed by atoms with Crippen LogP contribution >= 0.6 is 0 Å². The number of para-hydroxylation sites is 1. The summed E-state index contributed by atoms with van der Waals surface area (Å²) >= 11 is 0. The number of sulfonamides is 1. The Morgan fingerprint density at radius 3 is 2.24 bits per heavy atom. The molecule has 0 atom stereocenters. The van der Waals surface area contributed by atoms with Gasteiger partial charge in [0.1, 0.15) is 5.82 Å². The van der Waals surface area contributed by atoms with Crippen LogP contribution in [-0.2, 0) is 34.6 Å². The lowest BCUT2D eigenvalue weighted by Gasteiger charge is -2.14. The number of anilines is 2. The van der Waals surface area contributed by atoms with Crippen LogP contribution in [0, 0.1) is 0 Å². The highest BCUT2D eigenvalue weighted by Gasteiger charge is 2.22. The number of carbonyl (C=O) groups is 3. The van der Waals surface area contributed by atoms with Crippen LogP contribution in [-0.4, -0.2) is 49.1 Å². The first-order valence-electron chi connectivity index (χ1n) is 11.8. The molecule has 0 fully saturated rings. The van der Waals surface area contributed by atoms with Crippen LogP contribution in [0.1, 0.15) is 39.8 Å². The average Bonchev–Trinajstić information content (AvgIpc) is 3.27. The Balaban J connectivity index is 1.52. The third-order valence-corrected chi connectivity index (χ3v) is 6.69. The molecule has 3 aromatic rings. The van der Waals surface area contributed by atoms with Gasteiger partial charge in [0.05, 0.1) is 22.7 Å². The van der Waals surface area contributed by atoms with Crippen molar-refractivity contribution in [1.29, 1.82) is 0 Å². The topological polar surface area (TPSA) is 148 Å². The van der Waals surface area contributed by atoms with Gasteiger partial charge in [0.25, 0.3) is 5.91 Å². The summed E-state index contributed by atoms with van der Waals surface area (Å²) in [6.07, 6.45) is -0.271. The molecule has 0 aliphatic rings. The predicted octanol–water partition coefficient (Wildman–Crippen LogP) is 2.98. The Labute approximate surface area is 221 Å². The van der Waals surface area contributed by atoms with Crippen molar-refractivity contribution in [3.63, 3.8) is 0 Å². The third-order valence-electron chi connectivity index (χ3n) is 5.22. The highest BCUT2D eigenvalue weighted by Crippen LogP contribution is 2.26. The Kier molecular flexibility index (Phi) is 9.02. The molecule has 0 bridgehead atoms. The van der Waals surface area contributed by atoms with E-state index in [1.54, 1.807) is 10.7 Å². The van der Waals surface area contributed by atoms with Crippen LogP contribution in [0.4, 0.5) is 11.5 Å². The maximum atomic E-state index is 12.5. The summed E-state index contributed by atoms with van der Waals surface area (Å²) in [6.45, 7) is 6.61. The molecule has 2 amide bonds. The minimum absolute atomic E-state index is 0.0241. The molecule has 0 unspecified atom stereocenters. The van der Waals surface area contributed by atoms with E-state index in [2.05, 4.69) is 20.5 Å². The van der Waals surface area contributed by atoms with Crippen molar-refractivity contribution in [2.24, 2.45) is 0 Å². The summed E-state index contributed by atoms with van der Waals surface area (Å²) in [6, 6.07) is 16.6. The summed E-state index contributed by atoms with van der Waals surface area (Å²) in [7, 11) is -3.87. The zero-order chi connectivity index (χ0) is 27.9. The second-order valence-corrected chi connectivity index (χ2v) is 11.2. The number of hydrogen-bond donors (Lipinski definition) is 3. The first kappa shape index (κ1) is 28.5. The Hall–Kier alpha value is -4.03. The van der Waals surface area contributed by atoms with Gasteiger partial charge in [-0.05, 0) is 36.4 Å². The van der Waals surface area contributed by atoms with Gasteiger partial charge in [0.15, 0.2) is 6.61 Å². The third kappa shape index (κ3) is 7.98. The zero-order valence-electron chi connectivity index (χ0n) is 21.6. The van der Waals surface area contributed by atoms with Crippen LogP contribution in [0.5, 0.6) is 0 Å². The molecule has 2 aromatic carbocycles. The molecule has 3 N–H and O–H groups in total. The van der Waals surface area contributed by atoms with E-state index < -0.39 is 28.5 Å². The first-order chi connectivity index (χ1) is 17.8. The molecule has 1 heterocycles. The molecule has 3 rings (SSSR count). The SMILES string of the molecule is CC(=O)Nc1ccc(S(=O)(=O)NCCC(=O)OCC(=O)Nc2cc(C(C)(C)C)nn2-c2ccccc2)cc1.